The van der Waals surface area contributed by atoms with E-state index in [-0.39, 0.29) is 0 Å². The minimum atomic E-state index is -0.973. The molecule has 7 nitrogen and oxygen atoms in total. The van der Waals surface area contributed by atoms with Gasteiger partial charge in [0.15, 0.2) is 0 Å². The van der Waals surface area contributed by atoms with Crippen LogP contribution < -0.4 is 4.90 Å². The molecule has 1 unspecified atom stereocenters. The molecule has 2 heterocycles. The lowest BCUT2D eigenvalue weighted by Gasteiger charge is -2.28. The van der Waals surface area contributed by atoms with Gasteiger partial charge in [0.2, 0.25) is 6.29 Å². The largest absolute Gasteiger partial charge is 0.422 e. The number of nitrogens with zero attached hydrogens (tertiary/aromatic N) is 3. The summed E-state index contributed by atoms with van der Waals surface area (Å²) in [5.41, 5.74) is 5.63. The Hall–Kier alpha value is -3.74. The van der Waals surface area contributed by atoms with E-state index in [9.17, 15) is 9.59 Å². The molecule has 184 valence electrons. The van der Waals surface area contributed by atoms with Gasteiger partial charge in [-0.3, -0.25) is 0 Å². The van der Waals surface area contributed by atoms with Crippen molar-refractivity contribution in [2.45, 2.75) is 38.9 Å². The van der Waals surface area contributed by atoms with Gasteiger partial charge in [-0.15, -0.1) is 0 Å². The Morgan fingerprint density at radius 2 is 1.63 bits per heavy atom. The Morgan fingerprint density at radius 1 is 1.00 bits per heavy atom. The van der Waals surface area contributed by atoms with Crippen LogP contribution in [0.25, 0.3) is 0 Å². The fourth-order valence-electron chi connectivity index (χ4n) is 4.47. The predicted molar refractivity (Wildman–Crippen MR) is 136 cm³/mol. The molecule has 0 aliphatic carbocycles. The van der Waals surface area contributed by atoms with Gasteiger partial charge >= 0.3 is 12.1 Å². The summed E-state index contributed by atoms with van der Waals surface area (Å²) in [4.78, 5) is 30.5. The van der Waals surface area contributed by atoms with Crippen molar-refractivity contribution in [3.8, 4) is 0 Å². The third-order valence-corrected chi connectivity index (χ3v) is 6.26. The molecule has 0 saturated heterocycles. The highest BCUT2D eigenvalue weighted by molar-refractivity contribution is 5.89. The Labute approximate surface area is 207 Å². The smallest absolute Gasteiger partial charge is 0.412 e. The highest BCUT2D eigenvalue weighted by Crippen LogP contribution is 2.35. The predicted octanol–water partition coefficient (Wildman–Crippen LogP) is 5.00. The van der Waals surface area contributed by atoms with Gasteiger partial charge in [0.05, 0.1) is 5.57 Å². The number of hydrogen-bond donors (Lipinski definition) is 0. The van der Waals surface area contributed by atoms with Crippen LogP contribution in [0.15, 0.2) is 72.6 Å². The van der Waals surface area contributed by atoms with Crippen LogP contribution in [-0.4, -0.2) is 55.3 Å². The normalized spacial score (nSPS) is 15.3. The van der Waals surface area contributed by atoms with Crippen LogP contribution in [0.3, 0.4) is 0 Å². The van der Waals surface area contributed by atoms with E-state index in [4.69, 9.17) is 9.47 Å². The quantitative estimate of drug-likeness (QED) is 0.415. The number of para-hydroxylation sites is 2. The van der Waals surface area contributed by atoms with Crippen molar-refractivity contribution in [1.82, 2.24) is 9.80 Å². The lowest BCUT2D eigenvalue weighted by molar-refractivity contribution is -0.161. The maximum Gasteiger partial charge on any atom is 0.412 e. The molecule has 7 heteroatoms. The van der Waals surface area contributed by atoms with Crippen molar-refractivity contribution in [2.24, 2.45) is 0 Å². The molecule has 0 saturated carbocycles. The van der Waals surface area contributed by atoms with E-state index < -0.39 is 18.4 Å². The number of esters is 1. The van der Waals surface area contributed by atoms with E-state index >= 15 is 0 Å². The van der Waals surface area contributed by atoms with Crippen LogP contribution in [-0.2, 0) is 27.1 Å². The van der Waals surface area contributed by atoms with Crippen molar-refractivity contribution >= 4 is 23.4 Å². The van der Waals surface area contributed by atoms with Gasteiger partial charge in [-0.2, -0.15) is 0 Å². The van der Waals surface area contributed by atoms with Crippen LogP contribution >= 0.6 is 0 Å². The molecule has 0 radical (unpaired) electrons. The van der Waals surface area contributed by atoms with E-state index in [2.05, 4.69) is 53.4 Å². The summed E-state index contributed by atoms with van der Waals surface area (Å²) in [7, 11) is 3.54. The molecule has 2 aliphatic rings. The summed E-state index contributed by atoms with van der Waals surface area (Å²) in [6.45, 7) is 2.84. The van der Waals surface area contributed by atoms with Gasteiger partial charge in [-0.1, -0.05) is 42.5 Å². The molecular formula is C28H33N3O4. The van der Waals surface area contributed by atoms with E-state index in [1.165, 1.54) is 27.4 Å². The first kappa shape index (κ1) is 24.4. The molecule has 0 bridgehead atoms. The van der Waals surface area contributed by atoms with Gasteiger partial charge in [0.25, 0.3) is 0 Å². The number of carbonyl (C=O) groups excluding carboxylic acids is 2. The van der Waals surface area contributed by atoms with Crippen LogP contribution in [0, 0.1) is 0 Å². The second kappa shape index (κ2) is 11.1. The average molecular weight is 476 g/mol. The first-order chi connectivity index (χ1) is 16.9. The standard InChI is InChI=1S/C28H33N3O4/c1-21(34-27(32)24-12-8-17-29(2)20-24)35-28(33)30(3)18-9-19-31-25-13-6-4-10-22(25)15-16-23-11-5-7-14-26(23)31/h4-8,10-11,13-14,17,20-21H,9,12,15-16,18-19H2,1-3H3. The Balaban J connectivity index is 1.31. The lowest BCUT2D eigenvalue weighted by atomic mass is 10.0. The monoisotopic (exact) mass is 475 g/mol. The van der Waals surface area contributed by atoms with Gasteiger partial charge in [-0.05, 0) is 48.7 Å². The number of amides is 1. The molecule has 2 aromatic rings. The fraction of sp³-hybridized carbons (Fsp3) is 0.357. The molecule has 2 aliphatic heterocycles. The molecule has 0 N–H and O–H groups in total. The molecule has 1 atom stereocenters. The fourth-order valence-corrected chi connectivity index (χ4v) is 4.47. The summed E-state index contributed by atoms with van der Waals surface area (Å²) >= 11 is 0. The first-order valence-electron chi connectivity index (χ1n) is 12.1. The van der Waals surface area contributed by atoms with Crippen LogP contribution in [0.5, 0.6) is 0 Å². The number of ether oxygens (including phenoxy) is 2. The van der Waals surface area contributed by atoms with E-state index in [0.29, 0.717) is 18.5 Å². The average Bonchev–Trinajstić information content (AvgIpc) is 3.01. The second-order valence-electron chi connectivity index (χ2n) is 8.95. The number of fused-ring (bicyclic) bond motifs is 2. The van der Waals surface area contributed by atoms with Gasteiger partial charge in [-0.25, -0.2) is 9.59 Å². The number of anilines is 2. The molecule has 0 fully saturated rings. The first-order valence-corrected chi connectivity index (χ1v) is 12.1. The van der Waals surface area contributed by atoms with Crippen molar-refractivity contribution in [2.75, 3.05) is 32.1 Å². The highest BCUT2D eigenvalue weighted by atomic mass is 16.7. The second-order valence-corrected chi connectivity index (χ2v) is 8.95. The Kier molecular flexibility index (Phi) is 7.75. The number of hydrogen-bond acceptors (Lipinski definition) is 6. The molecule has 1 amide bonds. The highest BCUT2D eigenvalue weighted by Gasteiger charge is 2.22. The van der Waals surface area contributed by atoms with E-state index in [1.54, 1.807) is 25.1 Å². The zero-order valence-electron chi connectivity index (χ0n) is 20.6. The van der Waals surface area contributed by atoms with Crippen LogP contribution in [0.4, 0.5) is 16.2 Å². The van der Waals surface area contributed by atoms with Gasteiger partial charge in [0, 0.05) is 58.1 Å². The molecule has 4 rings (SSSR count). The lowest BCUT2D eigenvalue weighted by Crippen LogP contribution is -2.34. The number of rotatable bonds is 7. The van der Waals surface area contributed by atoms with E-state index in [1.807, 2.05) is 19.3 Å². The summed E-state index contributed by atoms with van der Waals surface area (Å²) in [5, 5.41) is 0. The van der Waals surface area contributed by atoms with Crippen molar-refractivity contribution in [3.63, 3.8) is 0 Å². The summed E-state index contributed by atoms with van der Waals surface area (Å²) in [6.07, 6.45) is 7.24. The zero-order valence-corrected chi connectivity index (χ0v) is 20.6. The molecular weight excluding hydrogens is 442 g/mol. The minimum absolute atomic E-state index is 0.484. The van der Waals surface area contributed by atoms with Crippen molar-refractivity contribution in [3.05, 3.63) is 83.7 Å². The minimum Gasteiger partial charge on any atom is -0.422 e. The number of carbonyl (C=O) groups is 2. The molecule has 2 aromatic carbocycles. The Bertz CT molecular complexity index is 1080. The van der Waals surface area contributed by atoms with Crippen LogP contribution in [0.1, 0.15) is 30.9 Å². The molecule has 0 spiro atoms. The Morgan fingerprint density at radius 3 is 2.26 bits per heavy atom. The van der Waals surface area contributed by atoms with Gasteiger partial charge < -0.3 is 24.2 Å². The third-order valence-electron chi connectivity index (χ3n) is 6.26. The molecule has 0 aromatic heterocycles. The zero-order chi connectivity index (χ0) is 24.8. The number of aryl methyl sites for hydroxylation is 2. The maximum atomic E-state index is 12.6. The summed E-state index contributed by atoms with van der Waals surface area (Å²) < 4.78 is 10.7. The topological polar surface area (TPSA) is 62.3 Å². The summed E-state index contributed by atoms with van der Waals surface area (Å²) in [6, 6.07) is 17.0. The SMILES string of the molecule is CC(OC(=O)C1=CN(C)C=CC1)OC(=O)N(C)CCCN1c2ccccc2CCc2ccccc21. The molecule has 35 heavy (non-hydrogen) atoms. The maximum absolute atomic E-state index is 12.6. The summed E-state index contributed by atoms with van der Waals surface area (Å²) in [5.74, 6) is -0.484. The van der Waals surface area contributed by atoms with Crippen molar-refractivity contribution in [1.29, 1.82) is 0 Å². The number of benzene rings is 2. The third kappa shape index (κ3) is 6.04. The van der Waals surface area contributed by atoms with Crippen LogP contribution in [0.2, 0.25) is 0 Å². The van der Waals surface area contributed by atoms with Gasteiger partial charge in [0.1, 0.15) is 0 Å². The number of allylic oxidation sites excluding steroid dienone is 1. The van der Waals surface area contributed by atoms with E-state index in [0.717, 1.165) is 25.8 Å². The van der Waals surface area contributed by atoms with Crippen molar-refractivity contribution < 1.29 is 19.1 Å².